The molecule has 1 fully saturated rings. The van der Waals surface area contributed by atoms with E-state index in [4.69, 9.17) is 9.47 Å². The quantitative estimate of drug-likeness (QED) is 0.937. The second-order valence-electron chi connectivity index (χ2n) is 5.71. The van der Waals surface area contributed by atoms with Crippen LogP contribution in [0.25, 0.3) is 0 Å². The number of ether oxygens (including phenoxy) is 2. The van der Waals surface area contributed by atoms with Gasteiger partial charge in [0.1, 0.15) is 0 Å². The number of likely N-dealkylation sites (tertiary alicyclic amines) is 1. The zero-order chi connectivity index (χ0) is 15.6. The molecule has 2 aromatic rings. The predicted octanol–water partition coefficient (Wildman–Crippen LogP) is 3.52. The monoisotopic (exact) mass is 330 g/mol. The molecule has 6 heteroatoms. The topological polar surface area (TPSA) is 50.8 Å². The second kappa shape index (κ2) is 6.12. The molecule has 0 saturated carbocycles. The lowest BCUT2D eigenvalue weighted by molar-refractivity contribution is 0.174. The van der Waals surface area contributed by atoms with Crippen molar-refractivity contribution in [3.8, 4) is 11.5 Å². The third-order valence-corrected chi connectivity index (χ3v) is 5.24. The summed E-state index contributed by atoms with van der Waals surface area (Å²) >= 11 is 1.72. The van der Waals surface area contributed by atoms with Crippen LogP contribution in [0.4, 0.5) is 4.79 Å². The maximum Gasteiger partial charge on any atom is 0.318 e. The first kappa shape index (κ1) is 14.4. The summed E-state index contributed by atoms with van der Waals surface area (Å²) in [5, 5.41) is 5.09. The summed E-state index contributed by atoms with van der Waals surface area (Å²) in [4.78, 5) is 15.7. The summed E-state index contributed by atoms with van der Waals surface area (Å²) in [6, 6.07) is 10.1. The molecule has 0 unspecified atom stereocenters. The average molecular weight is 330 g/mol. The van der Waals surface area contributed by atoms with Crippen LogP contribution in [-0.4, -0.2) is 24.3 Å². The smallest absolute Gasteiger partial charge is 0.318 e. The van der Waals surface area contributed by atoms with Gasteiger partial charge in [-0.25, -0.2) is 4.79 Å². The van der Waals surface area contributed by atoms with E-state index in [0.29, 0.717) is 6.54 Å². The molecule has 5 nitrogen and oxygen atoms in total. The molecular formula is C17H18N2O3S. The molecule has 2 aliphatic heterocycles. The number of hydrogen-bond donors (Lipinski definition) is 1. The number of nitrogens with zero attached hydrogens (tertiary/aromatic N) is 1. The minimum atomic E-state index is -0.00133. The molecule has 120 valence electrons. The van der Waals surface area contributed by atoms with Crippen LogP contribution >= 0.6 is 11.3 Å². The van der Waals surface area contributed by atoms with Crippen molar-refractivity contribution in [2.24, 2.45) is 0 Å². The Morgan fingerprint density at radius 1 is 1.30 bits per heavy atom. The summed E-state index contributed by atoms with van der Waals surface area (Å²) in [6.45, 7) is 1.57. The summed E-state index contributed by atoms with van der Waals surface area (Å²) in [6.07, 6.45) is 2.10. The molecule has 1 saturated heterocycles. The van der Waals surface area contributed by atoms with Crippen LogP contribution in [0, 0.1) is 0 Å². The first-order valence-electron chi connectivity index (χ1n) is 7.77. The lowest BCUT2D eigenvalue weighted by Crippen LogP contribution is -2.38. The maximum absolute atomic E-state index is 12.5. The van der Waals surface area contributed by atoms with E-state index in [1.807, 2.05) is 29.2 Å². The molecule has 1 N–H and O–H groups in total. The predicted molar refractivity (Wildman–Crippen MR) is 87.8 cm³/mol. The molecule has 0 aliphatic carbocycles. The Hall–Kier alpha value is -2.21. The van der Waals surface area contributed by atoms with E-state index in [9.17, 15) is 4.79 Å². The Labute approximate surface area is 138 Å². The van der Waals surface area contributed by atoms with Crippen LogP contribution in [0.2, 0.25) is 0 Å². The van der Waals surface area contributed by atoms with E-state index in [0.717, 1.165) is 36.4 Å². The number of hydrogen-bond acceptors (Lipinski definition) is 4. The largest absolute Gasteiger partial charge is 0.454 e. The molecule has 3 heterocycles. The molecule has 0 spiro atoms. The number of amides is 2. The lowest BCUT2D eigenvalue weighted by Gasteiger charge is -2.24. The maximum atomic E-state index is 12.5. The molecule has 2 aliphatic rings. The van der Waals surface area contributed by atoms with Crippen molar-refractivity contribution in [3.05, 3.63) is 46.2 Å². The average Bonchev–Trinajstić information content (AvgIpc) is 3.32. The Balaban J connectivity index is 1.40. The van der Waals surface area contributed by atoms with Gasteiger partial charge in [0.15, 0.2) is 11.5 Å². The zero-order valence-electron chi connectivity index (χ0n) is 12.7. The number of carbonyl (C=O) groups is 1. The van der Waals surface area contributed by atoms with E-state index < -0.39 is 0 Å². The lowest BCUT2D eigenvalue weighted by atomic mass is 10.2. The fourth-order valence-electron chi connectivity index (χ4n) is 3.12. The van der Waals surface area contributed by atoms with E-state index in [2.05, 4.69) is 16.8 Å². The summed E-state index contributed by atoms with van der Waals surface area (Å²) in [5.41, 5.74) is 1.01. The van der Waals surface area contributed by atoms with Crippen LogP contribution in [0.3, 0.4) is 0 Å². The number of thiophene rings is 1. The Bertz CT molecular complexity index is 702. The van der Waals surface area contributed by atoms with E-state index in [-0.39, 0.29) is 18.9 Å². The van der Waals surface area contributed by atoms with E-state index in [1.54, 1.807) is 11.3 Å². The Kier molecular flexibility index (Phi) is 3.83. The van der Waals surface area contributed by atoms with Crippen molar-refractivity contribution in [1.29, 1.82) is 0 Å². The van der Waals surface area contributed by atoms with Crippen molar-refractivity contribution in [3.63, 3.8) is 0 Å². The van der Waals surface area contributed by atoms with Crippen LogP contribution < -0.4 is 14.8 Å². The molecule has 0 radical (unpaired) electrons. The van der Waals surface area contributed by atoms with Crippen molar-refractivity contribution in [2.75, 3.05) is 13.3 Å². The SMILES string of the molecule is O=C(NCc1ccc2c(c1)OCO2)N1CCC[C@H]1c1cccs1. The van der Waals surface area contributed by atoms with E-state index >= 15 is 0 Å². The second-order valence-corrected chi connectivity index (χ2v) is 6.69. The molecule has 1 atom stereocenters. The molecule has 2 amide bonds. The molecule has 23 heavy (non-hydrogen) atoms. The zero-order valence-corrected chi connectivity index (χ0v) is 13.5. The standard InChI is InChI=1S/C17H18N2O3S/c20-17(19-7-1-3-13(19)16-4-2-8-23-16)18-10-12-5-6-14-15(9-12)22-11-21-14/h2,4-6,8-9,13H,1,3,7,10-11H2,(H,18,20)/t13-/m0/s1. The Morgan fingerprint density at radius 2 is 2.22 bits per heavy atom. The van der Waals surface area contributed by atoms with Gasteiger partial charge < -0.3 is 19.7 Å². The number of fused-ring (bicyclic) bond motifs is 1. The van der Waals surface area contributed by atoms with Gasteiger partial charge in [-0.15, -0.1) is 11.3 Å². The highest BCUT2D eigenvalue weighted by Gasteiger charge is 2.30. The first-order chi connectivity index (χ1) is 11.3. The van der Waals surface area contributed by atoms with Crippen molar-refractivity contribution in [2.45, 2.75) is 25.4 Å². The minimum Gasteiger partial charge on any atom is -0.454 e. The minimum absolute atomic E-state index is 0.00133. The Morgan fingerprint density at radius 3 is 3.09 bits per heavy atom. The number of urea groups is 1. The molecule has 4 rings (SSSR count). The molecular weight excluding hydrogens is 312 g/mol. The highest BCUT2D eigenvalue weighted by Crippen LogP contribution is 2.35. The first-order valence-corrected chi connectivity index (χ1v) is 8.65. The van der Waals surface area contributed by atoms with E-state index in [1.165, 1.54) is 4.88 Å². The van der Waals surface area contributed by atoms with Gasteiger partial charge in [0, 0.05) is 18.0 Å². The summed E-state index contributed by atoms with van der Waals surface area (Å²) < 4.78 is 10.7. The third kappa shape index (κ3) is 2.86. The number of rotatable bonds is 3. The van der Waals surface area contributed by atoms with Gasteiger partial charge in [-0.1, -0.05) is 12.1 Å². The van der Waals surface area contributed by atoms with Crippen molar-refractivity contribution in [1.82, 2.24) is 10.2 Å². The van der Waals surface area contributed by atoms with Crippen LogP contribution in [0.15, 0.2) is 35.7 Å². The van der Waals surface area contributed by atoms with Gasteiger partial charge in [0.05, 0.1) is 6.04 Å². The van der Waals surface area contributed by atoms with Gasteiger partial charge >= 0.3 is 6.03 Å². The number of nitrogens with one attached hydrogen (secondary N) is 1. The fourth-order valence-corrected chi connectivity index (χ4v) is 3.99. The van der Waals surface area contributed by atoms with Gasteiger partial charge in [-0.2, -0.15) is 0 Å². The highest BCUT2D eigenvalue weighted by molar-refractivity contribution is 7.10. The van der Waals surface area contributed by atoms with Crippen molar-refractivity contribution >= 4 is 17.4 Å². The van der Waals surface area contributed by atoms with Gasteiger partial charge in [-0.3, -0.25) is 0 Å². The number of carbonyl (C=O) groups excluding carboxylic acids is 1. The summed E-state index contributed by atoms with van der Waals surface area (Å²) in [5.74, 6) is 1.51. The summed E-state index contributed by atoms with van der Waals surface area (Å²) in [7, 11) is 0. The highest BCUT2D eigenvalue weighted by atomic mass is 32.1. The molecule has 1 aromatic carbocycles. The normalized spacial score (nSPS) is 19.1. The number of benzene rings is 1. The molecule has 0 bridgehead atoms. The third-order valence-electron chi connectivity index (χ3n) is 4.27. The van der Waals surface area contributed by atoms with Gasteiger partial charge in [0.25, 0.3) is 0 Å². The van der Waals surface area contributed by atoms with Crippen LogP contribution in [0.5, 0.6) is 11.5 Å². The fraction of sp³-hybridized carbons (Fsp3) is 0.353. The van der Waals surface area contributed by atoms with Gasteiger partial charge in [0.2, 0.25) is 6.79 Å². The molecule has 1 aromatic heterocycles. The van der Waals surface area contributed by atoms with Crippen LogP contribution in [0.1, 0.15) is 29.3 Å². The van der Waals surface area contributed by atoms with Gasteiger partial charge in [-0.05, 0) is 42.0 Å². The van der Waals surface area contributed by atoms with Crippen LogP contribution in [-0.2, 0) is 6.54 Å². The van der Waals surface area contributed by atoms with Crippen molar-refractivity contribution < 1.29 is 14.3 Å².